The number of hydrogen-bond acceptors (Lipinski definition) is 4. The Morgan fingerprint density at radius 1 is 1.39 bits per heavy atom. The van der Waals surface area contributed by atoms with Crippen LogP contribution in [-0.4, -0.2) is 48.1 Å². The van der Waals surface area contributed by atoms with Gasteiger partial charge in [0.1, 0.15) is 16.2 Å². The smallest absolute Gasteiger partial charge is 0.134 e. The van der Waals surface area contributed by atoms with Gasteiger partial charge in [-0.3, -0.25) is 0 Å². The van der Waals surface area contributed by atoms with Gasteiger partial charge in [0.25, 0.3) is 0 Å². The molecule has 1 aromatic heterocycles. The zero-order valence-electron chi connectivity index (χ0n) is 11.5. The molecule has 1 aromatic rings. The number of rotatable bonds is 3. The van der Waals surface area contributed by atoms with Gasteiger partial charge < -0.3 is 9.80 Å². The zero-order chi connectivity index (χ0) is 13.3. The summed E-state index contributed by atoms with van der Waals surface area (Å²) in [6.45, 7) is 6.37. The Bertz CT molecular complexity index is 419. The number of hydrogen-bond donors (Lipinski definition) is 0. The number of aromatic nitrogens is 2. The van der Waals surface area contributed by atoms with Crippen LogP contribution in [0.1, 0.15) is 32.0 Å². The molecule has 1 fully saturated rings. The molecule has 2 rings (SSSR count). The molecule has 4 nitrogen and oxygen atoms in total. The normalized spacial score (nSPS) is 20.2. The van der Waals surface area contributed by atoms with Crippen molar-refractivity contribution in [2.75, 3.05) is 32.1 Å². The summed E-state index contributed by atoms with van der Waals surface area (Å²) in [5, 5.41) is 0. The molecule has 1 saturated heterocycles. The molecule has 100 valence electrons. The number of halogens is 1. The number of nitrogens with zero attached hydrogens (tertiary/aromatic N) is 4. The lowest BCUT2D eigenvalue weighted by molar-refractivity contribution is 0.315. The van der Waals surface area contributed by atoms with Crippen LogP contribution in [0, 0.1) is 0 Å². The largest absolute Gasteiger partial charge is 0.355 e. The molecule has 1 aliphatic heterocycles. The van der Waals surface area contributed by atoms with Gasteiger partial charge in [-0.1, -0.05) is 13.8 Å². The minimum atomic E-state index is 0.355. The summed E-state index contributed by atoms with van der Waals surface area (Å²) < 4.78 is 0.879. The molecule has 18 heavy (non-hydrogen) atoms. The summed E-state index contributed by atoms with van der Waals surface area (Å²) in [5.41, 5.74) is 0. The monoisotopic (exact) mass is 312 g/mol. The van der Waals surface area contributed by atoms with E-state index in [1.54, 1.807) is 0 Å². The molecule has 0 bridgehead atoms. The van der Waals surface area contributed by atoms with Crippen molar-refractivity contribution in [1.82, 2.24) is 14.9 Å². The lowest BCUT2D eigenvalue weighted by Gasteiger charge is -2.21. The summed E-state index contributed by atoms with van der Waals surface area (Å²) in [6, 6.07) is 2.64. The van der Waals surface area contributed by atoms with E-state index in [-0.39, 0.29) is 0 Å². The van der Waals surface area contributed by atoms with Crippen LogP contribution in [-0.2, 0) is 0 Å². The van der Waals surface area contributed by atoms with E-state index >= 15 is 0 Å². The van der Waals surface area contributed by atoms with Crippen molar-refractivity contribution in [2.24, 2.45) is 0 Å². The van der Waals surface area contributed by atoms with Gasteiger partial charge in [0.05, 0.1) is 0 Å². The van der Waals surface area contributed by atoms with Gasteiger partial charge in [0.2, 0.25) is 0 Å². The minimum absolute atomic E-state index is 0.355. The lowest BCUT2D eigenvalue weighted by Crippen LogP contribution is -2.31. The highest BCUT2D eigenvalue weighted by molar-refractivity contribution is 9.10. The zero-order valence-corrected chi connectivity index (χ0v) is 13.1. The van der Waals surface area contributed by atoms with Gasteiger partial charge in [-0.25, -0.2) is 9.97 Å². The summed E-state index contributed by atoms with van der Waals surface area (Å²) >= 11 is 3.48. The van der Waals surface area contributed by atoms with Crippen LogP contribution in [0.25, 0.3) is 0 Å². The van der Waals surface area contributed by atoms with Gasteiger partial charge in [0, 0.05) is 31.1 Å². The molecule has 0 N–H and O–H groups in total. The van der Waals surface area contributed by atoms with E-state index in [1.165, 1.54) is 6.42 Å². The molecule has 5 heteroatoms. The Kier molecular flexibility index (Phi) is 4.22. The Morgan fingerprint density at radius 3 is 2.67 bits per heavy atom. The first kappa shape index (κ1) is 13.7. The maximum atomic E-state index is 4.68. The van der Waals surface area contributed by atoms with Crippen molar-refractivity contribution in [3.8, 4) is 0 Å². The average Bonchev–Trinajstić information content (AvgIpc) is 2.77. The first-order valence-electron chi connectivity index (χ1n) is 6.43. The Balaban J connectivity index is 2.19. The fraction of sp³-hybridized carbons (Fsp3) is 0.692. The van der Waals surface area contributed by atoms with Crippen LogP contribution in [0.2, 0.25) is 0 Å². The molecule has 0 spiro atoms. The van der Waals surface area contributed by atoms with Gasteiger partial charge in [-0.05, 0) is 36.4 Å². The molecule has 0 radical (unpaired) electrons. The van der Waals surface area contributed by atoms with E-state index in [0.717, 1.165) is 29.3 Å². The molecule has 1 atom stereocenters. The molecular weight excluding hydrogens is 292 g/mol. The number of likely N-dealkylation sites (N-methyl/N-ethyl adjacent to an activating group) is 1. The summed E-state index contributed by atoms with van der Waals surface area (Å²) in [5.74, 6) is 2.31. The van der Waals surface area contributed by atoms with Crippen LogP contribution in [0.3, 0.4) is 0 Å². The predicted octanol–water partition coefficient (Wildman–Crippen LogP) is 2.50. The maximum Gasteiger partial charge on any atom is 0.134 e. The standard InChI is InChI=1S/C13H21BrN4/c1-9(2)13-15-11(14)7-12(16-13)18-6-5-10(8-18)17(3)4/h7,9-10H,5-6,8H2,1-4H3. The second kappa shape index (κ2) is 5.53. The van der Waals surface area contributed by atoms with Crippen molar-refractivity contribution in [1.29, 1.82) is 0 Å². The van der Waals surface area contributed by atoms with E-state index < -0.39 is 0 Å². The Morgan fingerprint density at radius 2 is 2.11 bits per heavy atom. The van der Waals surface area contributed by atoms with E-state index in [1.807, 2.05) is 6.07 Å². The van der Waals surface area contributed by atoms with E-state index in [4.69, 9.17) is 0 Å². The third-order valence-electron chi connectivity index (χ3n) is 3.43. The fourth-order valence-corrected chi connectivity index (χ4v) is 2.60. The third-order valence-corrected chi connectivity index (χ3v) is 3.84. The summed E-state index contributed by atoms with van der Waals surface area (Å²) in [7, 11) is 4.28. The van der Waals surface area contributed by atoms with Crippen molar-refractivity contribution >= 4 is 21.7 Å². The highest BCUT2D eigenvalue weighted by Gasteiger charge is 2.25. The van der Waals surface area contributed by atoms with Gasteiger partial charge in [-0.2, -0.15) is 0 Å². The molecular formula is C13H21BrN4. The summed E-state index contributed by atoms with van der Waals surface area (Å²) in [6.07, 6.45) is 1.20. The average molecular weight is 313 g/mol. The highest BCUT2D eigenvalue weighted by atomic mass is 79.9. The molecule has 0 aromatic carbocycles. The molecule has 0 amide bonds. The second-order valence-corrected chi connectivity index (χ2v) is 6.23. The number of anilines is 1. The first-order valence-corrected chi connectivity index (χ1v) is 7.22. The quantitative estimate of drug-likeness (QED) is 0.803. The SMILES string of the molecule is CC(C)c1nc(Br)cc(N2CCC(N(C)C)C2)n1. The van der Waals surface area contributed by atoms with Crippen LogP contribution in [0.4, 0.5) is 5.82 Å². The molecule has 0 saturated carbocycles. The van der Waals surface area contributed by atoms with Gasteiger partial charge in [-0.15, -0.1) is 0 Å². The Labute approximate surface area is 118 Å². The molecule has 1 aliphatic rings. The molecule has 2 heterocycles. The van der Waals surface area contributed by atoms with Crippen LogP contribution >= 0.6 is 15.9 Å². The van der Waals surface area contributed by atoms with Crippen LogP contribution < -0.4 is 4.90 Å². The minimum Gasteiger partial charge on any atom is -0.355 e. The maximum absolute atomic E-state index is 4.68. The predicted molar refractivity (Wildman–Crippen MR) is 78.1 cm³/mol. The van der Waals surface area contributed by atoms with E-state index in [0.29, 0.717) is 12.0 Å². The van der Waals surface area contributed by atoms with Crippen molar-refractivity contribution in [2.45, 2.75) is 32.2 Å². The fourth-order valence-electron chi connectivity index (χ4n) is 2.21. The lowest BCUT2D eigenvalue weighted by atomic mass is 10.2. The Hall–Kier alpha value is -0.680. The van der Waals surface area contributed by atoms with Gasteiger partial charge >= 0.3 is 0 Å². The van der Waals surface area contributed by atoms with E-state index in [9.17, 15) is 0 Å². The second-order valence-electron chi connectivity index (χ2n) is 5.41. The van der Waals surface area contributed by atoms with E-state index in [2.05, 4.69) is 63.6 Å². The van der Waals surface area contributed by atoms with Crippen molar-refractivity contribution < 1.29 is 0 Å². The summed E-state index contributed by atoms with van der Waals surface area (Å²) in [4.78, 5) is 13.7. The molecule has 0 aliphatic carbocycles. The third kappa shape index (κ3) is 3.01. The van der Waals surface area contributed by atoms with Crippen molar-refractivity contribution in [3.05, 3.63) is 16.5 Å². The topological polar surface area (TPSA) is 32.3 Å². The van der Waals surface area contributed by atoms with Crippen molar-refractivity contribution in [3.63, 3.8) is 0 Å². The van der Waals surface area contributed by atoms with Crippen LogP contribution in [0.5, 0.6) is 0 Å². The van der Waals surface area contributed by atoms with Gasteiger partial charge in [0.15, 0.2) is 0 Å². The van der Waals surface area contributed by atoms with Crippen LogP contribution in [0.15, 0.2) is 10.7 Å². The first-order chi connectivity index (χ1) is 8.47. The highest BCUT2D eigenvalue weighted by Crippen LogP contribution is 2.24. The molecule has 1 unspecified atom stereocenters.